The first-order valence-corrected chi connectivity index (χ1v) is 4.72. The highest BCUT2D eigenvalue weighted by molar-refractivity contribution is 6.36. The summed E-state index contributed by atoms with van der Waals surface area (Å²) in [4.78, 5) is 10.3. The van der Waals surface area contributed by atoms with E-state index in [1.807, 2.05) is 0 Å². The normalized spacial score (nSPS) is 11.6. The van der Waals surface area contributed by atoms with Crippen LogP contribution in [0.1, 0.15) is 11.1 Å². The molecule has 7 heteroatoms. The molecule has 0 atom stereocenters. The van der Waals surface area contributed by atoms with Crippen LogP contribution in [0.5, 0.6) is 0 Å². The lowest BCUT2D eigenvalue weighted by Crippen LogP contribution is -2.24. The van der Waals surface area contributed by atoms with E-state index in [2.05, 4.69) is 0 Å². The Hall–Kier alpha value is -0.940. The largest absolute Gasteiger partial charge is 0.550 e. The monoisotopic (exact) mass is 271 g/mol. The van der Waals surface area contributed by atoms with Gasteiger partial charge in [-0.05, 0) is 17.7 Å². The van der Waals surface area contributed by atoms with Gasteiger partial charge in [-0.1, -0.05) is 23.2 Å². The zero-order valence-corrected chi connectivity index (χ0v) is 9.08. The number of hydrogen-bond acceptors (Lipinski definition) is 2. The van der Waals surface area contributed by atoms with Gasteiger partial charge in [0.25, 0.3) is 0 Å². The van der Waals surface area contributed by atoms with Gasteiger partial charge < -0.3 is 9.90 Å². The van der Waals surface area contributed by atoms with Crippen molar-refractivity contribution in [3.8, 4) is 0 Å². The molecule has 0 aromatic heterocycles. The van der Waals surface area contributed by atoms with Gasteiger partial charge in [0, 0.05) is 22.4 Å². The molecule has 0 N–H and O–H groups in total. The summed E-state index contributed by atoms with van der Waals surface area (Å²) in [5, 5.41) is 9.62. The number of halogens is 5. The number of carbonyl (C=O) groups excluding carboxylic acids is 1. The first-order valence-electron chi connectivity index (χ1n) is 3.96. The number of carbonyl (C=O) groups is 1. The van der Waals surface area contributed by atoms with Crippen molar-refractivity contribution in [3.05, 3.63) is 33.3 Å². The maximum atomic E-state index is 12.3. The molecule has 0 saturated heterocycles. The molecule has 0 spiro atoms. The molecule has 0 amide bonds. The van der Waals surface area contributed by atoms with Crippen molar-refractivity contribution in [2.45, 2.75) is 12.6 Å². The van der Waals surface area contributed by atoms with Crippen LogP contribution in [0, 0.1) is 0 Å². The SMILES string of the molecule is O=C([O-])Cc1c(Cl)cc(C(F)(F)F)cc1Cl. The fourth-order valence-electron chi connectivity index (χ4n) is 1.08. The molecule has 0 aliphatic carbocycles. The van der Waals surface area contributed by atoms with E-state index in [9.17, 15) is 23.1 Å². The van der Waals surface area contributed by atoms with Gasteiger partial charge in [-0.3, -0.25) is 0 Å². The molecule has 0 aliphatic rings. The van der Waals surface area contributed by atoms with Gasteiger partial charge in [-0.2, -0.15) is 13.2 Å². The summed E-state index contributed by atoms with van der Waals surface area (Å²) in [5.41, 5.74) is -1.11. The van der Waals surface area contributed by atoms with E-state index in [1.165, 1.54) is 0 Å². The molecular weight excluding hydrogens is 268 g/mol. The number of hydrogen-bond donors (Lipinski definition) is 0. The maximum Gasteiger partial charge on any atom is 0.416 e. The predicted octanol–water partition coefficient (Wildman–Crippen LogP) is 2.30. The number of benzene rings is 1. The van der Waals surface area contributed by atoms with Crippen LogP contribution in [-0.2, 0) is 17.4 Å². The Bertz CT molecular complexity index is 406. The molecular formula is C9H4Cl2F3O2-. The first kappa shape index (κ1) is 13.1. The number of alkyl halides is 3. The van der Waals surface area contributed by atoms with Gasteiger partial charge in [-0.25, -0.2) is 0 Å². The zero-order chi connectivity index (χ0) is 12.5. The molecule has 2 nitrogen and oxygen atoms in total. The van der Waals surface area contributed by atoms with Crippen LogP contribution in [0.25, 0.3) is 0 Å². The van der Waals surface area contributed by atoms with Crippen LogP contribution < -0.4 is 5.11 Å². The van der Waals surface area contributed by atoms with Crippen molar-refractivity contribution in [1.29, 1.82) is 0 Å². The molecule has 16 heavy (non-hydrogen) atoms. The lowest BCUT2D eigenvalue weighted by Gasteiger charge is -2.12. The third kappa shape index (κ3) is 3.02. The molecule has 1 rings (SSSR count). The van der Waals surface area contributed by atoms with Crippen molar-refractivity contribution in [2.75, 3.05) is 0 Å². The number of aliphatic carboxylic acids is 1. The van der Waals surface area contributed by atoms with Gasteiger partial charge in [-0.15, -0.1) is 0 Å². The summed E-state index contributed by atoms with van der Waals surface area (Å²) < 4.78 is 36.9. The maximum absolute atomic E-state index is 12.3. The highest BCUT2D eigenvalue weighted by atomic mass is 35.5. The fraction of sp³-hybridized carbons (Fsp3) is 0.222. The Morgan fingerprint density at radius 3 is 2.00 bits per heavy atom. The topological polar surface area (TPSA) is 40.1 Å². The van der Waals surface area contributed by atoms with Gasteiger partial charge in [0.15, 0.2) is 0 Å². The molecule has 0 aliphatic heterocycles. The molecule has 0 fully saturated rings. The van der Waals surface area contributed by atoms with Crippen LogP contribution in [-0.4, -0.2) is 5.97 Å². The van der Waals surface area contributed by atoms with Crippen molar-refractivity contribution in [1.82, 2.24) is 0 Å². The highest BCUT2D eigenvalue weighted by Gasteiger charge is 2.31. The highest BCUT2D eigenvalue weighted by Crippen LogP contribution is 2.35. The van der Waals surface area contributed by atoms with Gasteiger partial charge in [0.2, 0.25) is 0 Å². The molecule has 1 aromatic rings. The van der Waals surface area contributed by atoms with Crippen molar-refractivity contribution >= 4 is 29.2 Å². The van der Waals surface area contributed by atoms with Gasteiger partial charge >= 0.3 is 6.18 Å². The summed E-state index contributed by atoms with van der Waals surface area (Å²) in [6.45, 7) is 0. The van der Waals surface area contributed by atoms with Crippen LogP contribution >= 0.6 is 23.2 Å². The van der Waals surface area contributed by atoms with Gasteiger partial charge in [0.1, 0.15) is 0 Å². The Morgan fingerprint density at radius 1 is 1.25 bits per heavy atom. The van der Waals surface area contributed by atoms with E-state index in [-0.39, 0.29) is 15.6 Å². The van der Waals surface area contributed by atoms with Crippen molar-refractivity contribution in [2.24, 2.45) is 0 Å². The Balaban J connectivity index is 3.23. The fourth-order valence-corrected chi connectivity index (χ4v) is 1.70. The summed E-state index contributed by atoms with van der Waals surface area (Å²) in [5.74, 6) is -1.47. The Labute approximate surface area is 98.6 Å². The minimum atomic E-state index is -4.58. The summed E-state index contributed by atoms with van der Waals surface area (Å²) in [7, 11) is 0. The van der Waals surface area contributed by atoms with Crippen LogP contribution in [0.4, 0.5) is 13.2 Å². The van der Waals surface area contributed by atoms with Crippen molar-refractivity contribution < 1.29 is 23.1 Å². The standard InChI is InChI=1S/C9H5Cl2F3O2/c10-6-1-4(9(12,13)14)2-7(11)5(6)3-8(15)16/h1-2H,3H2,(H,15,16)/p-1. The lowest BCUT2D eigenvalue weighted by atomic mass is 10.1. The summed E-state index contributed by atoms with van der Waals surface area (Å²) in [6, 6.07) is 1.26. The zero-order valence-electron chi connectivity index (χ0n) is 7.57. The van der Waals surface area contributed by atoms with Crippen molar-refractivity contribution in [3.63, 3.8) is 0 Å². The average Bonchev–Trinajstić information content (AvgIpc) is 2.09. The minimum Gasteiger partial charge on any atom is -0.550 e. The number of rotatable bonds is 2. The van der Waals surface area contributed by atoms with E-state index in [4.69, 9.17) is 23.2 Å². The number of carboxylic acids is 1. The lowest BCUT2D eigenvalue weighted by molar-refractivity contribution is -0.304. The predicted molar refractivity (Wildman–Crippen MR) is 50.2 cm³/mol. The molecule has 0 unspecified atom stereocenters. The molecule has 0 bridgehead atoms. The van der Waals surface area contributed by atoms with E-state index in [0.717, 1.165) is 0 Å². The number of carboxylic acid groups (broad SMARTS) is 1. The molecule has 0 radical (unpaired) electrons. The Morgan fingerprint density at radius 2 is 1.69 bits per heavy atom. The third-order valence-electron chi connectivity index (χ3n) is 1.79. The molecule has 88 valence electrons. The second kappa shape index (κ2) is 4.51. The smallest absolute Gasteiger partial charge is 0.416 e. The molecule has 0 saturated carbocycles. The van der Waals surface area contributed by atoms with E-state index in [0.29, 0.717) is 12.1 Å². The second-order valence-corrected chi connectivity index (χ2v) is 3.78. The summed E-state index contributed by atoms with van der Waals surface area (Å²) >= 11 is 11.0. The summed E-state index contributed by atoms with van der Waals surface area (Å²) in [6.07, 6.45) is -5.21. The van der Waals surface area contributed by atoms with Crippen LogP contribution in [0.15, 0.2) is 12.1 Å². The second-order valence-electron chi connectivity index (χ2n) is 2.96. The van der Waals surface area contributed by atoms with Crippen LogP contribution in [0.2, 0.25) is 10.0 Å². The quantitative estimate of drug-likeness (QED) is 0.828. The molecule has 1 aromatic carbocycles. The van der Waals surface area contributed by atoms with E-state index >= 15 is 0 Å². The average molecular weight is 272 g/mol. The van der Waals surface area contributed by atoms with Gasteiger partial charge in [0.05, 0.1) is 5.56 Å². The third-order valence-corrected chi connectivity index (χ3v) is 2.46. The minimum absolute atomic E-state index is 0.0867. The van der Waals surface area contributed by atoms with E-state index in [1.54, 1.807) is 0 Å². The first-order chi connectivity index (χ1) is 7.21. The Kier molecular flexibility index (Phi) is 3.70. The van der Waals surface area contributed by atoms with Crippen LogP contribution in [0.3, 0.4) is 0 Å². The van der Waals surface area contributed by atoms with E-state index < -0.39 is 24.1 Å². The molecule has 0 heterocycles.